The molecule has 0 saturated carbocycles. The van der Waals surface area contributed by atoms with Gasteiger partial charge in [0.05, 0.1) is 0 Å². The third-order valence-corrected chi connectivity index (χ3v) is 2.92. The highest BCUT2D eigenvalue weighted by molar-refractivity contribution is 4.66. The first-order valence-electron chi connectivity index (χ1n) is 6.09. The standard InChI is InChI=1S/C12H26N2/c1-12(2)11-13(3)9-10-14-7-5-4-6-8-14/h12H,4-11H2,1-3H3. The van der Waals surface area contributed by atoms with Gasteiger partial charge in [0.15, 0.2) is 0 Å². The lowest BCUT2D eigenvalue weighted by Crippen LogP contribution is -2.37. The number of nitrogens with zero attached hydrogens (tertiary/aromatic N) is 2. The van der Waals surface area contributed by atoms with Crippen LogP contribution in [0, 0.1) is 5.92 Å². The molecule has 0 bridgehead atoms. The molecule has 0 spiro atoms. The Bertz CT molecular complexity index is 139. The average molecular weight is 198 g/mol. The number of rotatable bonds is 5. The van der Waals surface area contributed by atoms with E-state index in [0.29, 0.717) is 0 Å². The fourth-order valence-corrected chi connectivity index (χ4v) is 2.21. The lowest BCUT2D eigenvalue weighted by Gasteiger charge is -2.29. The molecule has 1 heterocycles. The van der Waals surface area contributed by atoms with Crippen LogP contribution in [0.2, 0.25) is 0 Å². The minimum absolute atomic E-state index is 0.793. The van der Waals surface area contributed by atoms with E-state index in [4.69, 9.17) is 0 Å². The summed E-state index contributed by atoms with van der Waals surface area (Å²) in [5, 5.41) is 0. The molecule has 1 aliphatic heterocycles. The van der Waals surface area contributed by atoms with Crippen molar-refractivity contribution in [2.75, 3.05) is 39.8 Å². The zero-order chi connectivity index (χ0) is 10.4. The highest BCUT2D eigenvalue weighted by Crippen LogP contribution is 2.08. The van der Waals surface area contributed by atoms with Crippen LogP contribution in [-0.2, 0) is 0 Å². The molecule has 0 amide bonds. The lowest BCUT2D eigenvalue weighted by atomic mass is 10.1. The molecule has 1 rings (SSSR count). The van der Waals surface area contributed by atoms with Gasteiger partial charge in [-0.15, -0.1) is 0 Å². The molecule has 14 heavy (non-hydrogen) atoms. The van der Waals surface area contributed by atoms with E-state index in [2.05, 4.69) is 30.7 Å². The number of hydrogen-bond acceptors (Lipinski definition) is 2. The van der Waals surface area contributed by atoms with Gasteiger partial charge in [0, 0.05) is 19.6 Å². The van der Waals surface area contributed by atoms with Crippen LogP contribution in [0.4, 0.5) is 0 Å². The van der Waals surface area contributed by atoms with Gasteiger partial charge in [0.1, 0.15) is 0 Å². The molecule has 0 N–H and O–H groups in total. The minimum atomic E-state index is 0.793. The smallest absolute Gasteiger partial charge is 0.0109 e. The van der Waals surface area contributed by atoms with Crippen molar-refractivity contribution in [1.29, 1.82) is 0 Å². The van der Waals surface area contributed by atoms with Crippen molar-refractivity contribution in [2.24, 2.45) is 5.92 Å². The van der Waals surface area contributed by atoms with Gasteiger partial charge in [-0.25, -0.2) is 0 Å². The summed E-state index contributed by atoms with van der Waals surface area (Å²) in [5.41, 5.74) is 0. The van der Waals surface area contributed by atoms with Crippen LogP contribution in [0.1, 0.15) is 33.1 Å². The highest BCUT2D eigenvalue weighted by Gasteiger charge is 2.10. The summed E-state index contributed by atoms with van der Waals surface area (Å²) in [7, 11) is 2.24. The van der Waals surface area contributed by atoms with Crippen LogP contribution >= 0.6 is 0 Å². The predicted octanol–water partition coefficient (Wildman–Crippen LogP) is 2.06. The zero-order valence-electron chi connectivity index (χ0n) is 10.1. The van der Waals surface area contributed by atoms with Crippen molar-refractivity contribution in [3.63, 3.8) is 0 Å². The van der Waals surface area contributed by atoms with E-state index in [1.807, 2.05) is 0 Å². The monoisotopic (exact) mass is 198 g/mol. The molecule has 2 nitrogen and oxygen atoms in total. The second-order valence-corrected chi connectivity index (χ2v) is 5.06. The molecule has 84 valence electrons. The topological polar surface area (TPSA) is 6.48 Å². The molecule has 0 aromatic carbocycles. The summed E-state index contributed by atoms with van der Waals surface area (Å²) in [4.78, 5) is 5.07. The van der Waals surface area contributed by atoms with Gasteiger partial charge >= 0.3 is 0 Å². The van der Waals surface area contributed by atoms with Crippen LogP contribution in [0.3, 0.4) is 0 Å². The van der Waals surface area contributed by atoms with Crippen LogP contribution in [-0.4, -0.2) is 49.6 Å². The third kappa shape index (κ3) is 4.97. The summed E-state index contributed by atoms with van der Waals surface area (Å²) in [6.07, 6.45) is 4.26. The number of likely N-dealkylation sites (tertiary alicyclic amines) is 1. The average Bonchev–Trinajstić information content (AvgIpc) is 2.15. The molecule has 0 aromatic heterocycles. The van der Waals surface area contributed by atoms with Crippen molar-refractivity contribution < 1.29 is 0 Å². The molecule has 0 aliphatic carbocycles. The molecule has 1 fully saturated rings. The second kappa shape index (κ2) is 6.41. The second-order valence-electron chi connectivity index (χ2n) is 5.06. The van der Waals surface area contributed by atoms with E-state index in [1.165, 1.54) is 52.0 Å². The predicted molar refractivity (Wildman–Crippen MR) is 62.6 cm³/mol. The Morgan fingerprint density at radius 3 is 2.36 bits per heavy atom. The summed E-state index contributed by atoms with van der Waals surface area (Å²) < 4.78 is 0. The van der Waals surface area contributed by atoms with Crippen LogP contribution in [0.5, 0.6) is 0 Å². The van der Waals surface area contributed by atoms with E-state index in [0.717, 1.165) is 5.92 Å². The molecule has 1 saturated heterocycles. The fourth-order valence-electron chi connectivity index (χ4n) is 2.21. The van der Waals surface area contributed by atoms with E-state index in [-0.39, 0.29) is 0 Å². The maximum Gasteiger partial charge on any atom is 0.0109 e. The number of likely N-dealkylation sites (N-methyl/N-ethyl adjacent to an activating group) is 1. The summed E-state index contributed by atoms with van der Waals surface area (Å²) in [6.45, 7) is 11.0. The van der Waals surface area contributed by atoms with Crippen molar-refractivity contribution in [1.82, 2.24) is 9.80 Å². The molecular formula is C12H26N2. The van der Waals surface area contributed by atoms with Gasteiger partial charge in [-0.05, 0) is 38.9 Å². The Labute approximate surface area is 89.3 Å². The molecular weight excluding hydrogens is 172 g/mol. The lowest BCUT2D eigenvalue weighted by molar-refractivity contribution is 0.189. The summed E-state index contributed by atoms with van der Waals surface area (Å²) in [5.74, 6) is 0.793. The van der Waals surface area contributed by atoms with E-state index < -0.39 is 0 Å². The van der Waals surface area contributed by atoms with E-state index >= 15 is 0 Å². The molecule has 0 unspecified atom stereocenters. The SMILES string of the molecule is CC(C)CN(C)CCN1CCCCC1. The summed E-state index contributed by atoms with van der Waals surface area (Å²) >= 11 is 0. The van der Waals surface area contributed by atoms with E-state index in [9.17, 15) is 0 Å². The van der Waals surface area contributed by atoms with Crippen molar-refractivity contribution in [3.8, 4) is 0 Å². The Balaban J connectivity index is 2.06. The maximum absolute atomic E-state index is 2.61. The van der Waals surface area contributed by atoms with Crippen LogP contribution in [0.25, 0.3) is 0 Å². The minimum Gasteiger partial charge on any atom is -0.305 e. The summed E-state index contributed by atoms with van der Waals surface area (Å²) in [6, 6.07) is 0. The molecule has 0 aromatic rings. The normalized spacial score (nSPS) is 19.5. The zero-order valence-corrected chi connectivity index (χ0v) is 10.1. The quantitative estimate of drug-likeness (QED) is 0.667. The molecule has 2 heteroatoms. The van der Waals surface area contributed by atoms with Gasteiger partial charge in [-0.3, -0.25) is 0 Å². The van der Waals surface area contributed by atoms with Crippen molar-refractivity contribution in [3.05, 3.63) is 0 Å². The Morgan fingerprint density at radius 1 is 1.14 bits per heavy atom. The number of piperidine rings is 1. The Morgan fingerprint density at radius 2 is 1.79 bits per heavy atom. The highest BCUT2D eigenvalue weighted by atomic mass is 15.2. The third-order valence-electron chi connectivity index (χ3n) is 2.92. The molecule has 0 radical (unpaired) electrons. The van der Waals surface area contributed by atoms with Crippen LogP contribution in [0.15, 0.2) is 0 Å². The van der Waals surface area contributed by atoms with Crippen molar-refractivity contribution in [2.45, 2.75) is 33.1 Å². The van der Waals surface area contributed by atoms with Crippen LogP contribution < -0.4 is 0 Å². The first-order valence-corrected chi connectivity index (χ1v) is 6.09. The maximum atomic E-state index is 2.61. The fraction of sp³-hybridized carbons (Fsp3) is 1.00. The van der Waals surface area contributed by atoms with E-state index in [1.54, 1.807) is 0 Å². The van der Waals surface area contributed by atoms with Gasteiger partial charge in [0.2, 0.25) is 0 Å². The first-order chi connectivity index (χ1) is 6.68. The molecule has 0 atom stereocenters. The van der Waals surface area contributed by atoms with Crippen molar-refractivity contribution >= 4 is 0 Å². The van der Waals surface area contributed by atoms with Gasteiger partial charge in [0.25, 0.3) is 0 Å². The Hall–Kier alpha value is -0.0800. The molecule has 1 aliphatic rings. The largest absolute Gasteiger partial charge is 0.305 e. The first kappa shape index (κ1) is 12.0. The number of hydrogen-bond donors (Lipinski definition) is 0. The Kier molecular flexibility index (Phi) is 5.49. The van der Waals surface area contributed by atoms with Gasteiger partial charge in [-0.2, -0.15) is 0 Å². The van der Waals surface area contributed by atoms with Gasteiger partial charge in [-0.1, -0.05) is 20.3 Å². The van der Waals surface area contributed by atoms with Gasteiger partial charge < -0.3 is 9.80 Å².